The minimum absolute atomic E-state index is 0.128. The molecule has 2 nitrogen and oxygen atoms in total. The fourth-order valence-corrected chi connectivity index (χ4v) is 4.04. The zero-order valence-electron chi connectivity index (χ0n) is 13.6. The molecule has 1 aliphatic heterocycles. The molecule has 0 unspecified atom stereocenters. The molecule has 0 radical (unpaired) electrons. The van der Waals surface area contributed by atoms with Gasteiger partial charge in [0.2, 0.25) is 5.78 Å². The Morgan fingerprint density at radius 2 is 1.67 bits per heavy atom. The summed E-state index contributed by atoms with van der Waals surface area (Å²) >= 11 is 1.57. The van der Waals surface area contributed by atoms with Gasteiger partial charge in [0.05, 0.1) is 4.91 Å². The van der Waals surface area contributed by atoms with Gasteiger partial charge in [-0.25, -0.2) is 0 Å². The smallest absolute Gasteiger partial charge is 0.201 e. The van der Waals surface area contributed by atoms with Crippen LogP contribution in [0.3, 0.4) is 0 Å². The van der Waals surface area contributed by atoms with E-state index in [0.717, 1.165) is 37.4 Å². The molecule has 24 heavy (non-hydrogen) atoms. The highest BCUT2D eigenvalue weighted by Crippen LogP contribution is 2.43. The second-order valence-electron chi connectivity index (χ2n) is 6.09. The predicted molar refractivity (Wildman–Crippen MR) is 103 cm³/mol. The van der Waals surface area contributed by atoms with E-state index in [-0.39, 0.29) is 5.78 Å². The summed E-state index contributed by atoms with van der Waals surface area (Å²) in [4.78, 5) is 16.8. The Labute approximate surface area is 145 Å². The van der Waals surface area contributed by atoms with Crippen molar-refractivity contribution in [3.8, 4) is 0 Å². The highest BCUT2D eigenvalue weighted by Gasteiger charge is 2.27. The summed E-state index contributed by atoms with van der Waals surface area (Å²) in [7, 11) is 4.04. The molecule has 0 N–H and O–H groups in total. The normalized spacial score (nSPS) is 15.1. The molecule has 0 aliphatic carbocycles. The number of thioether (sulfide) groups is 1. The fraction of sp³-hybridized carbons (Fsp3) is 0.0952. The third kappa shape index (κ3) is 2.51. The van der Waals surface area contributed by atoms with E-state index in [2.05, 4.69) is 47.4 Å². The largest absolute Gasteiger partial charge is 0.378 e. The van der Waals surface area contributed by atoms with Crippen molar-refractivity contribution in [2.75, 3.05) is 19.0 Å². The molecule has 4 rings (SSSR count). The van der Waals surface area contributed by atoms with Crippen LogP contribution in [0.2, 0.25) is 0 Å². The minimum Gasteiger partial charge on any atom is -0.378 e. The number of nitrogens with zero attached hydrogens (tertiary/aromatic N) is 1. The van der Waals surface area contributed by atoms with Crippen molar-refractivity contribution < 1.29 is 4.79 Å². The van der Waals surface area contributed by atoms with Gasteiger partial charge in [-0.05, 0) is 40.6 Å². The van der Waals surface area contributed by atoms with E-state index in [1.807, 2.05) is 38.4 Å². The van der Waals surface area contributed by atoms with Crippen molar-refractivity contribution in [3.05, 3.63) is 76.7 Å². The van der Waals surface area contributed by atoms with Crippen molar-refractivity contribution in [1.29, 1.82) is 0 Å². The summed E-state index contributed by atoms with van der Waals surface area (Å²) in [6.45, 7) is 0. The highest BCUT2D eigenvalue weighted by atomic mass is 32.2. The van der Waals surface area contributed by atoms with Gasteiger partial charge in [0.1, 0.15) is 0 Å². The summed E-state index contributed by atoms with van der Waals surface area (Å²) < 4.78 is 0. The molecule has 0 amide bonds. The Bertz CT molecular complexity index is 971. The summed E-state index contributed by atoms with van der Waals surface area (Å²) in [5.41, 5.74) is 3.04. The number of Topliss-reactive ketones (excluding diaryl/α,β-unsaturated/α-hetero) is 1. The van der Waals surface area contributed by atoms with E-state index in [1.165, 1.54) is 0 Å². The molecule has 0 fully saturated rings. The Morgan fingerprint density at radius 1 is 0.917 bits per heavy atom. The van der Waals surface area contributed by atoms with Crippen LogP contribution in [-0.2, 0) is 0 Å². The zero-order chi connectivity index (χ0) is 16.7. The number of rotatable bonds is 2. The third-order valence-electron chi connectivity index (χ3n) is 4.27. The Balaban J connectivity index is 1.73. The monoisotopic (exact) mass is 331 g/mol. The topological polar surface area (TPSA) is 20.3 Å². The predicted octanol–water partition coefficient (Wildman–Crippen LogP) is 5.24. The average molecular weight is 331 g/mol. The van der Waals surface area contributed by atoms with Crippen LogP contribution in [0.25, 0.3) is 16.8 Å². The van der Waals surface area contributed by atoms with Crippen molar-refractivity contribution >= 4 is 40.1 Å². The first kappa shape index (κ1) is 15.0. The molecule has 3 aromatic carbocycles. The summed E-state index contributed by atoms with van der Waals surface area (Å²) in [5.74, 6) is 0.128. The Kier molecular flexibility index (Phi) is 3.66. The molecule has 3 heteroatoms. The van der Waals surface area contributed by atoms with E-state index in [4.69, 9.17) is 0 Å². The molecule has 3 aromatic rings. The maximum atomic E-state index is 12.9. The standard InChI is InChI=1S/C21H17NOS/c1-22(2)16-10-7-14(8-11-16)13-19-21(23)20-17-6-4-3-5-15(17)9-12-18(20)24-19/h3-13H,1-2H3. The van der Waals surface area contributed by atoms with Gasteiger partial charge in [0.25, 0.3) is 0 Å². The van der Waals surface area contributed by atoms with Crippen LogP contribution in [0.15, 0.2) is 70.5 Å². The lowest BCUT2D eigenvalue weighted by Crippen LogP contribution is -2.07. The molecule has 0 saturated heterocycles. The average Bonchev–Trinajstić information content (AvgIpc) is 2.92. The van der Waals surface area contributed by atoms with Crippen molar-refractivity contribution in [2.24, 2.45) is 0 Å². The molecule has 1 heterocycles. The number of carbonyl (C=O) groups excluding carboxylic acids is 1. The van der Waals surface area contributed by atoms with Gasteiger partial charge in [-0.1, -0.05) is 54.2 Å². The fourth-order valence-electron chi connectivity index (χ4n) is 2.97. The lowest BCUT2D eigenvalue weighted by molar-refractivity contribution is 0.104. The van der Waals surface area contributed by atoms with Crippen molar-refractivity contribution in [3.63, 3.8) is 0 Å². The quantitative estimate of drug-likeness (QED) is 0.599. The van der Waals surface area contributed by atoms with Gasteiger partial charge in [-0.2, -0.15) is 0 Å². The number of fused-ring (bicyclic) bond motifs is 3. The van der Waals surface area contributed by atoms with Crippen LogP contribution in [0.1, 0.15) is 15.9 Å². The number of benzene rings is 3. The van der Waals surface area contributed by atoms with Crippen LogP contribution >= 0.6 is 11.8 Å². The SMILES string of the molecule is CN(C)c1ccc(C=C2Sc3ccc4ccccc4c3C2=O)cc1. The number of allylic oxidation sites excluding steroid dienone is 1. The second-order valence-corrected chi connectivity index (χ2v) is 7.17. The molecule has 118 valence electrons. The van der Waals surface area contributed by atoms with Crippen LogP contribution in [-0.4, -0.2) is 19.9 Å². The third-order valence-corrected chi connectivity index (χ3v) is 5.35. The Morgan fingerprint density at radius 3 is 2.42 bits per heavy atom. The lowest BCUT2D eigenvalue weighted by Gasteiger charge is -2.11. The number of carbonyl (C=O) groups is 1. The van der Waals surface area contributed by atoms with Gasteiger partial charge in [-0.3, -0.25) is 4.79 Å². The number of hydrogen-bond acceptors (Lipinski definition) is 3. The molecule has 0 saturated carbocycles. The molecule has 0 aromatic heterocycles. The summed E-state index contributed by atoms with van der Waals surface area (Å²) in [5, 5.41) is 2.15. The van der Waals surface area contributed by atoms with Crippen molar-refractivity contribution in [1.82, 2.24) is 0 Å². The van der Waals surface area contributed by atoms with E-state index in [9.17, 15) is 4.79 Å². The summed E-state index contributed by atoms with van der Waals surface area (Å²) in [6, 6.07) is 20.5. The molecule has 0 atom stereocenters. The number of anilines is 1. The maximum absolute atomic E-state index is 12.9. The molecule has 1 aliphatic rings. The Hall–Kier alpha value is -2.52. The van der Waals surface area contributed by atoms with Crippen LogP contribution in [0.5, 0.6) is 0 Å². The van der Waals surface area contributed by atoms with Crippen LogP contribution in [0.4, 0.5) is 5.69 Å². The van der Waals surface area contributed by atoms with Gasteiger partial charge < -0.3 is 4.90 Å². The van der Waals surface area contributed by atoms with Gasteiger partial charge in [0.15, 0.2) is 0 Å². The maximum Gasteiger partial charge on any atom is 0.201 e. The van der Waals surface area contributed by atoms with E-state index in [0.29, 0.717) is 0 Å². The van der Waals surface area contributed by atoms with Crippen LogP contribution < -0.4 is 4.90 Å². The van der Waals surface area contributed by atoms with Gasteiger partial charge in [-0.15, -0.1) is 0 Å². The molecule has 0 spiro atoms. The van der Waals surface area contributed by atoms with E-state index >= 15 is 0 Å². The van der Waals surface area contributed by atoms with E-state index in [1.54, 1.807) is 11.8 Å². The highest BCUT2D eigenvalue weighted by molar-refractivity contribution is 8.04. The number of hydrogen-bond donors (Lipinski definition) is 0. The summed E-state index contributed by atoms with van der Waals surface area (Å²) in [6.07, 6.45) is 1.99. The first-order valence-corrected chi connectivity index (χ1v) is 8.68. The first-order chi connectivity index (χ1) is 11.6. The van der Waals surface area contributed by atoms with Crippen LogP contribution in [0, 0.1) is 0 Å². The molecular formula is C21H17NOS. The zero-order valence-corrected chi connectivity index (χ0v) is 14.4. The first-order valence-electron chi connectivity index (χ1n) is 7.87. The van der Waals surface area contributed by atoms with Crippen molar-refractivity contribution in [2.45, 2.75) is 4.90 Å². The number of ketones is 1. The minimum atomic E-state index is 0.128. The second kappa shape index (κ2) is 5.84. The van der Waals surface area contributed by atoms with Gasteiger partial charge >= 0.3 is 0 Å². The van der Waals surface area contributed by atoms with Gasteiger partial charge in [0, 0.05) is 30.2 Å². The molecule has 0 bridgehead atoms. The lowest BCUT2D eigenvalue weighted by atomic mass is 10.0. The molecular weight excluding hydrogens is 314 g/mol. The van der Waals surface area contributed by atoms with E-state index < -0.39 is 0 Å².